The van der Waals surface area contributed by atoms with Crippen LogP contribution in [0.4, 0.5) is 11.4 Å². The van der Waals surface area contributed by atoms with Gasteiger partial charge >= 0.3 is 0 Å². The summed E-state index contributed by atoms with van der Waals surface area (Å²) >= 11 is 3.30. The van der Waals surface area contributed by atoms with Crippen molar-refractivity contribution in [2.45, 2.75) is 6.92 Å². The fourth-order valence-corrected chi connectivity index (χ4v) is 2.28. The van der Waals surface area contributed by atoms with Crippen LogP contribution in [-0.4, -0.2) is 5.91 Å². The van der Waals surface area contributed by atoms with Crippen LogP contribution in [0.1, 0.15) is 21.5 Å². The average Bonchev–Trinajstić information content (AvgIpc) is 2.40. The lowest BCUT2D eigenvalue weighted by atomic mass is 10.1. The fourth-order valence-electron chi connectivity index (χ4n) is 1.76. The van der Waals surface area contributed by atoms with Crippen molar-refractivity contribution in [2.24, 2.45) is 0 Å². The minimum atomic E-state index is -0.267. The molecule has 4 nitrogen and oxygen atoms in total. The number of halogens is 1. The number of anilines is 2. The van der Waals surface area contributed by atoms with Gasteiger partial charge in [-0.1, -0.05) is 22.0 Å². The smallest absolute Gasteiger partial charge is 0.255 e. The van der Waals surface area contributed by atoms with E-state index < -0.39 is 0 Å². The lowest BCUT2D eigenvalue weighted by Gasteiger charge is -2.09. The molecule has 20 heavy (non-hydrogen) atoms. The van der Waals surface area contributed by atoms with E-state index in [0.29, 0.717) is 22.5 Å². The van der Waals surface area contributed by atoms with Gasteiger partial charge in [0.25, 0.3) is 5.91 Å². The largest absolute Gasteiger partial charge is 0.399 e. The highest BCUT2D eigenvalue weighted by atomic mass is 79.9. The van der Waals surface area contributed by atoms with Gasteiger partial charge in [-0.05, 0) is 42.8 Å². The lowest BCUT2D eigenvalue weighted by Crippen LogP contribution is -2.13. The average molecular weight is 330 g/mol. The first-order valence-corrected chi connectivity index (χ1v) is 6.67. The van der Waals surface area contributed by atoms with Gasteiger partial charge in [0, 0.05) is 21.4 Å². The number of hydrogen-bond donors (Lipinski definition) is 2. The van der Waals surface area contributed by atoms with Crippen molar-refractivity contribution in [1.29, 1.82) is 5.26 Å². The molecule has 5 heteroatoms. The Morgan fingerprint density at radius 2 is 2.05 bits per heavy atom. The Morgan fingerprint density at radius 1 is 1.30 bits per heavy atom. The van der Waals surface area contributed by atoms with E-state index in [9.17, 15) is 4.79 Å². The van der Waals surface area contributed by atoms with Gasteiger partial charge in [-0.15, -0.1) is 0 Å². The van der Waals surface area contributed by atoms with Crippen LogP contribution in [0, 0.1) is 18.3 Å². The molecule has 2 rings (SSSR count). The maximum Gasteiger partial charge on any atom is 0.255 e. The summed E-state index contributed by atoms with van der Waals surface area (Å²) in [5, 5.41) is 11.7. The molecular weight excluding hydrogens is 318 g/mol. The molecule has 1 amide bonds. The van der Waals surface area contributed by atoms with Crippen LogP contribution in [0.2, 0.25) is 0 Å². The summed E-state index contributed by atoms with van der Waals surface area (Å²) in [6.45, 7) is 1.87. The topological polar surface area (TPSA) is 78.9 Å². The van der Waals surface area contributed by atoms with Gasteiger partial charge in [0.2, 0.25) is 0 Å². The minimum absolute atomic E-state index is 0.267. The number of nitrogen functional groups attached to an aromatic ring is 1. The molecule has 0 unspecified atom stereocenters. The number of carbonyl (C=O) groups excluding carboxylic acids is 1. The summed E-state index contributed by atoms with van der Waals surface area (Å²) < 4.78 is 0.741. The summed E-state index contributed by atoms with van der Waals surface area (Å²) in [6, 6.07) is 12.2. The minimum Gasteiger partial charge on any atom is -0.399 e. The van der Waals surface area contributed by atoms with Crippen LogP contribution in [0.15, 0.2) is 40.9 Å². The Labute approximate surface area is 125 Å². The van der Waals surface area contributed by atoms with Crippen LogP contribution in [0.25, 0.3) is 0 Å². The molecule has 0 bridgehead atoms. The number of rotatable bonds is 2. The first-order chi connectivity index (χ1) is 9.49. The highest BCUT2D eigenvalue weighted by Gasteiger charge is 2.10. The first-order valence-electron chi connectivity index (χ1n) is 5.88. The number of benzene rings is 2. The van der Waals surface area contributed by atoms with Crippen LogP contribution < -0.4 is 11.1 Å². The van der Waals surface area contributed by atoms with E-state index in [1.165, 1.54) is 0 Å². The summed E-state index contributed by atoms with van der Waals surface area (Å²) in [5.41, 5.74) is 8.68. The number of nitriles is 1. The number of amides is 1. The molecule has 0 heterocycles. The van der Waals surface area contributed by atoms with Crippen molar-refractivity contribution in [3.05, 3.63) is 57.6 Å². The Kier molecular flexibility index (Phi) is 4.06. The third-order valence-corrected chi connectivity index (χ3v) is 3.26. The van der Waals surface area contributed by atoms with Crippen molar-refractivity contribution in [3.8, 4) is 6.07 Å². The molecule has 0 radical (unpaired) electrons. The van der Waals surface area contributed by atoms with E-state index in [1.807, 2.05) is 13.0 Å². The second-order valence-corrected chi connectivity index (χ2v) is 5.28. The highest BCUT2D eigenvalue weighted by molar-refractivity contribution is 9.10. The molecule has 0 aliphatic heterocycles. The number of aryl methyl sites for hydroxylation is 1. The van der Waals surface area contributed by atoms with Crippen LogP contribution in [0.5, 0.6) is 0 Å². The van der Waals surface area contributed by atoms with Crippen molar-refractivity contribution >= 4 is 33.2 Å². The van der Waals surface area contributed by atoms with E-state index in [4.69, 9.17) is 11.0 Å². The Bertz CT molecular complexity index is 699. The summed E-state index contributed by atoms with van der Waals surface area (Å²) in [7, 11) is 0. The van der Waals surface area contributed by atoms with Gasteiger partial charge in [0.05, 0.1) is 11.6 Å². The summed E-state index contributed by atoms with van der Waals surface area (Å²) in [5.74, 6) is -0.267. The number of nitrogens with one attached hydrogen (secondary N) is 1. The molecule has 2 aromatic carbocycles. The number of nitrogens with zero attached hydrogens (tertiary/aromatic N) is 1. The second-order valence-electron chi connectivity index (χ2n) is 4.37. The quantitative estimate of drug-likeness (QED) is 0.828. The van der Waals surface area contributed by atoms with Gasteiger partial charge in [-0.3, -0.25) is 4.79 Å². The SMILES string of the molecule is Cc1ccc(C#N)cc1NC(=O)c1cc(N)cc(Br)c1. The first kappa shape index (κ1) is 14.1. The number of carbonyl (C=O) groups is 1. The van der Waals surface area contributed by atoms with Crippen LogP contribution in [-0.2, 0) is 0 Å². The van der Waals surface area contributed by atoms with Crippen LogP contribution >= 0.6 is 15.9 Å². The molecule has 2 aromatic rings. The fraction of sp³-hybridized carbons (Fsp3) is 0.0667. The lowest BCUT2D eigenvalue weighted by molar-refractivity contribution is 0.102. The second kappa shape index (κ2) is 5.76. The van der Waals surface area contributed by atoms with Crippen molar-refractivity contribution in [3.63, 3.8) is 0 Å². The van der Waals surface area contributed by atoms with Crippen molar-refractivity contribution in [2.75, 3.05) is 11.1 Å². The standard InChI is InChI=1S/C15H12BrN3O/c1-9-2-3-10(8-17)4-14(9)19-15(20)11-5-12(16)7-13(18)6-11/h2-7H,18H2,1H3,(H,19,20). The third kappa shape index (κ3) is 3.16. The highest BCUT2D eigenvalue weighted by Crippen LogP contribution is 2.20. The molecule has 100 valence electrons. The molecule has 0 saturated heterocycles. The van der Waals surface area contributed by atoms with Gasteiger partial charge in [-0.2, -0.15) is 5.26 Å². The van der Waals surface area contributed by atoms with Gasteiger partial charge in [-0.25, -0.2) is 0 Å². The third-order valence-electron chi connectivity index (χ3n) is 2.80. The zero-order valence-corrected chi connectivity index (χ0v) is 12.4. The molecule has 0 aliphatic carbocycles. The molecule has 3 N–H and O–H groups in total. The maximum absolute atomic E-state index is 12.2. The Morgan fingerprint density at radius 3 is 2.70 bits per heavy atom. The number of nitrogens with two attached hydrogens (primary N) is 1. The van der Waals surface area contributed by atoms with Gasteiger partial charge in [0.15, 0.2) is 0 Å². The van der Waals surface area contributed by atoms with E-state index in [1.54, 1.807) is 36.4 Å². The summed E-state index contributed by atoms with van der Waals surface area (Å²) in [4.78, 5) is 12.2. The zero-order chi connectivity index (χ0) is 14.7. The van der Waals surface area contributed by atoms with Crippen molar-refractivity contribution < 1.29 is 4.79 Å². The maximum atomic E-state index is 12.2. The monoisotopic (exact) mass is 329 g/mol. The summed E-state index contributed by atoms with van der Waals surface area (Å²) in [6.07, 6.45) is 0. The van der Waals surface area contributed by atoms with E-state index in [0.717, 1.165) is 10.0 Å². The van der Waals surface area contributed by atoms with Crippen molar-refractivity contribution in [1.82, 2.24) is 0 Å². The van der Waals surface area contributed by atoms with Gasteiger partial charge in [0.1, 0.15) is 0 Å². The predicted octanol–water partition coefficient (Wildman–Crippen LogP) is 3.46. The van der Waals surface area contributed by atoms with E-state index >= 15 is 0 Å². The molecule has 0 saturated carbocycles. The van der Waals surface area contributed by atoms with E-state index in [2.05, 4.69) is 21.2 Å². The molecule has 0 aliphatic rings. The molecule has 0 aromatic heterocycles. The van der Waals surface area contributed by atoms with Gasteiger partial charge < -0.3 is 11.1 Å². The molecule has 0 atom stereocenters. The molecule has 0 spiro atoms. The Balaban J connectivity index is 2.30. The normalized spacial score (nSPS) is 9.85. The zero-order valence-electron chi connectivity index (χ0n) is 10.8. The predicted molar refractivity (Wildman–Crippen MR) is 82.4 cm³/mol. The molecular formula is C15H12BrN3O. The molecule has 0 fully saturated rings. The van der Waals surface area contributed by atoms with Crippen LogP contribution in [0.3, 0.4) is 0 Å². The number of hydrogen-bond acceptors (Lipinski definition) is 3. The van der Waals surface area contributed by atoms with E-state index in [-0.39, 0.29) is 5.91 Å². The Hall–Kier alpha value is -2.32.